The first kappa shape index (κ1) is 20.8. The Morgan fingerprint density at radius 3 is 2.19 bits per heavy atom. The smallest absolute Gasteiger partial charge is 0.261 e. The zero-order valence-corrected chi connectivity index (χ0v) is 17.4. The number of alkyl halides is 3. The molecule has 0 amide bonds. The summed E-state index contributed by atoms with van der Waals surface area (Å²) in [6.45, 7) is 0. The Bertz CT molecular complexity index is 1270. The summed E-state index contributed by atoms with van der Waals surface area (Å²) in [7, 11) is 1.66. The van der Waals surface area contributed by atoms with Crippen LogP contribution in [0.25, 0.3) is 22.4 Å². The molecule has 0 spiro atoms. The highest BCUT2D eigenvalue weighted by atomic mass is 32.1. The average Bonchev–Trinajstić information content (AvgIpc) is 3.21. The average molecular weight is 437 g/mol. The molecule has 0 bridgehead atoms. The fourth-order valence-electron chi connectivity index (χ4n) is 3.14. The van der Waals surface area contributed by atoms with Crippen LogP contribution in [0.3, 0.4) is 0 Å². The van der Waals surface area contributed by atoms with Gasteiger partial charge in [-0.2, -0.15) is 18.3 Å². The minimum atomic E-state index is -4.39. The summed E-state index contributed by atoms with van der Waals surface area (Å²) < 4.78 is 40.6. The standard InChI is InChI=1S/C24H18F3N3S/c1-28-23-30(29-15-17-6-5-9-21(14-17)24(25,26)27)22(16-31-23)20-12-10-19(11-13-20)18-7-3-2-4-8-18/h2-16H,1H3/b28-23?,29-15+. The Morgan fingerprint density at radius 2 is 1.52 bits per heavy atom. The molecular weight excluding hydrogens is 419 g/mol. The van der Waals surface area contributed by atoms with E-state index >= 15 is 0 Å². The number of rotatable bonds is 4. The van der Waals surface area contributed by atoms with Gasteiger partial charge in [-0.3, -0.25) is 4.99 Å². The molecule has 3 nitrogen and oxygen atoms in total. The van der Waals surface area contributed by atoms with E-state index < -0.39 is 11.7 Å². The van der Waals surface area contributed by atoms with Gasteiger partial charge in [0.25, 0.3) is 0 Å². The molecule has 0 saturated carbocycles. The summed E-state index contributed by atoms with van der Waals surface area (Å²) in [5.74, 6) is 0. The zero-order chi connectivity index (χ0) is 21.8. The fraction of sp³-hybridized carbons (Fsp3) is 0.0833. The van der Waals surface area contributed by atoms with Gasteiger partial charge in [0.15, 0.2) is 0 Å². The van der Waals surface area contributed by atoms with Gasteiger partial charge in [-0.05, 0) is 28.8 Å². The lowest BCUT2D eigenvalue weighted by Gasteiger charge is -2.07. The van der Waals surface area contributed by atoms with Crippen LogP contribution in [-0.2, 0) is 6.18 Å². The normalized spacial score (nSPS) is 12.6. The van der Waals surface area contributed by atoms with Crippen molar-refractivity contribution in [1.29, 1.82) is 0 Å². The first-order valence-electron chi connectivity index (χ1n) is 9.46. The van der Waals surface area contributed by atoms with Gasteiger partial charge < -0.3 is 0 Å². The number of benzene rings is 3. The summed E-state index contributed by atoms with van der Waals surface area (Å²) in [5.41, 5.74) is 3.63. The second-order valence-corrected chi connectivity index (χ2v) is 7.59. The highest BCUT2D eigenvalue weighted by Gasteiger charge is 2.30. The number of halogens is 3. The number of aromatic nitrogens is 1. The number of nitrogens with zero attached hydrogens (tertiary/aromatic N) is 3. The van der Waals surface area contributed by atoms with E-state index in [2.05, 4.69) is 10.1 Å². The van der Waals surface area contributed by atoms with Gasteiger partial charge in [-0.25, -0.2) is 4.68 Å². The van der Waals surface area contributed by atoms with E-state index in [-0.39, 0.29) is 0 Å². The van der Waals surface area contributed by atoms with E-state index in [9.17, 15) is 13.2 Å². The van der Waals surface area contributed by atoms with Crippen LogP contribution in [0.2, 0.25) is 0 Å². The molecule has 0 saturated heterocycles. The van der Waals surface area contributed by atoms with Crippen molar-refractivity contribution in [3.05, 3.63) is 100 Å². The number of hydrogen-bond donors (Lipinski definition) is 0. The maximum absolute atomic E-state index is 13.0. The second-order valence-electron chi connectivity index (χ2n) is 6.75. The van der Waals surface area contributed by atoms with Crippen molar-refractivity contribution in [2.45, 2.75) is 6.18 Å². The van der Waals surface area contributed by atoms with Crippen molar-refractivity contribution in [3.63, 3.8) is 0 Å². The Balaban J connectivity index is 1.68. The van der Waals surface area contributed by atoms with Gasteiger partial charge in [0.1, 0.15) is 0 Å². The largest absolute Gasteiger partial charge is 0.416 e. The highest BCUT2D eigenvalue weighted by molar-refractivity contribution is 7.07. The summed E-state index contributed by atoms with van der Waals surface area (Å²) in [6, 6.07) is 23.2. The van der Waals surface area contributed by atoms with Crippen molar-refractivity contribution in [3.8, 4) is 22.4 Å². The van der Waals surface area contributed by atoms with Crippen LogP contribution in [-0.4, -0.2) is 17.9 Å². The van der Waals surface area contributed by atoms with E-state index in [0.29, 0.717) is 10.4 Å². The molecule has 4 aromatic rings. The molecule has 1 aromatic heterocycles. The molecule has 7 heteroatoms. The third-order valence-corrected chi connectivity index (χ3v) is 5.61. The number of thiazole rings is 1. The van der Waals surface area contributed by atoms with Crippen LogP contribution in [0.15, 0.2) is 94.3 Å². The summed E-state index contributed by atoms with van der Waals surface area (Å²) in [4.78, 5) is 4.88. The van der Waals surface area contributed by atoms with Crippen molar-refractivity contribution in [1.82, 2.24) is 4.68 Å². The minimum absolute atomic E-state index is 0.362. The van der Waals surface area contributed by atoms with E-state index in [0.717, 1.165) is 34.5 Å². The van der Waals surface area contributed by atoms with Crippen LogP contribution in [0.4, 0.5) is 13.2 Å². The number of hydrogen-bond acceptors (Lipinski definition) is 3. The van der Waals surface area contributed by atoms with E-state index in [1.807, 2.05) is 60.0 Å². The van der Waals surface area contributed by atoms with E-state index in [4.69, 9.17) is 0 Å². The van der Waals surface area contributed by atoms with Crippen molar-refractivity contribution in [2.75, 3.05) is 7.05 Å². The van der Waals surface area contributed by atoms with Gasteiger partial charge in [-0.15, -0.1) is 11.3 Å². The van der Waals surface area contributed by atoms with Crippen LogP contribution in [0.5, 0.6) is 0 Å². The van der Waals surface area contributed by atoms with Gasteiger partial charge in [0.2, 0.25) is 4.80 Å². The Morgan fingerprint density at radius 1 is 0.839 bits per heavy atom. The van der Waals surface area contributed by atoms with Crippen LogP contribution in [0.1, 0.15) is 11.1 Å². The quantitative estimate of drug-likeness (QED) is 0.335. The highest BCUT2D eigenvalue weighted by Crippen LogP contribution is 2.29. The second kappa shape index (κ2) is 8.73. The summed E-state index contributed by atoms with van der Waals surface area (Å²) in [5, 5.41) is 6.36. The lowest BCUT2D eigenvalue weighted by atomic mass is 10.0. The fourth-order valence-corrected chi connectivity index (χ4v) is 3.95. The zero-order valence-electron chi connectivity index (χ0n) is 16.5. The van der Waals surface area contributed by atoms with E-state index in [1.54, 1.807) is 17.8 Å². The Hall–Kier alpha value is -3.45. The predicted octanol–water partition coefficient (Wildman–Crippen LogP) is 6.32. The molecule has 0 radical (unpaired) electrons. The third-order valence-electron chi connectivity index (χ3n) is 4.70. The monoisotopic (exact) mass is 437 g/mol. The van der Waals surface area contributed by atoms with Crippen molar-refractivity contribution >= 4 is 17.6 Å². The molecule has 4 rings (SSSR count). The molecule has 31 heavy (non-hydrogen) atoms. The topological polar surface area (TPSA) is 29.6 Å². The molecule has 0 aliphatic carbocycles. The van der Waals surface area contributed by atoms with E-state index in [1.165, 1.54) is 23.6 Å². The molecule has 0 aliphatic rings. The SMILES string of the molecule is CN=c1scc(-c2ccc(-c3ccccc3)cc2)n1/N=C/c1cccc(C(F)(F)F)c1. The molecule has 156 valence electrons. The van der Waals surface area contributed by atoms with Crippen LogP contribution >= 0.6 is 11.3 Å². The molecule has 0 N–H and O–H groups in total. The lowest BCUT2D eigenvalue weighted by Crippen LogP contribution is -2.11. The lowest BCUT2D eigenvalue weighted by molar-refractivity contribution is -0.137. The van der Waals surface area contributed by atoms with Gasteiger partial charge in [0.05, 0.1) is 17.5 Å². The molecule has 0 aliphatic heterocycles. The molecule has 0 unspecified atom stereocenters. The molecule has 0 atom stereocenters. The van der Waals surface area contributed by atoms with Crippen molar-refractivity contribution < 1.29 is 13.2 Å². The minimum Gasteiger partial charge on any atom is -0.261 e. The van der Waals surface area contributed by atoms with Crippen LogP contribution in [0, 0.1) is 0 Å². The van der Waals surface area contributed by atoms with Crippen molar-refractivity contribution in [2.24, 2.45) is 10.1 Å². The summed E-state index contributed by atoms with van der Waals surface area (Å²) in [6.07, 6.45) is -2.98. The molecule has 3 aromatic carbocycles. The maximum atomic E-state index is 13.0. The summed E-state index contributed by atoms with van der Waals surface area (Å²) >= 11 is 1.42. The van der Waals surface area contributed by atoms with Gasteiger partial charge >= 0.3 is 6.18 Å². The first-order valence-corrected chi connectivity index (χ1v) is 10.3. The first-order chi connectivity index (χ1) is 15.0. The van der Waals surface area contributed by atoms with Crippen LogP contribution < -0.4 is 4.80 Å². The molecule has 0 fully saturated rings. The third kappa shape index (κ3) is 4.67. The Kier molecular flexibility index (Phi) is 5.86. The maximum Gasteiger partial charge on any atom is 0.416 e. The van der Waals surface area contributed by atoms with Gasteiger partial charge in [-0.1, -0.05) is 66.7 Å². The molecular formula is C24H18F3N3S. The molecule has 1 heterocycles. The predicted molar refractivity (Wildman–Crippen MR) is 119 cm³/mol. The van der Waals surface area contributed by atoms with Gasteiger partial charge in [0, 0.05) is 18.0 Å². The Labute approximate surface area is 181 Å².